The highest BCUT2D eigenvalue weighted by Crippen LogP contribution is 2.29. The van der Waals surface area contributed by atoms with E-state index in [2.05, 4.69) is 36.6 Å². The highest BCUT2D eigenvalue weighted by Gasteiger charge is 2.24. The zero-order valence-electron chi connectivity index (χ0n) is 52.9. The fourth-order valence-electron chi connectivity index (χ4n) is 9.25. The number of rotatable bonds is 46. The van der Waals surface area contributed by atoms with Crippen molar-refractivity contribution in [3.05, 3.63) is 107 Å². The number of pyridine rings is 2. The molecular weight excluding hydrogens is 1180 g/mol. The molecule has 1 aliphatic heterocycles. The number of aromatic nitrogens is 4. The first-order valence-electron chi connectivity index (χ1n) is 31.4. The van der Waals surface area contributed by atoms with Crippen molar-refractivity contribution in [3.63, 3.8) is 0 Å². The molecule has 91 heavy (non-hydrogen) atoms. The molecule has 6 N–H and O–H groups in total. The van der Waals surface area contributed by atoms with Gasteiger partial charge >= 0.3 is 12.0 Å². The van der Waals surface area contributed by atoms with E-state index >= 15 is 0 Å². The Morgan fingerprint density at radius 3 is 1.85 bits per heavy atom. The average Bonchev–Trinajstić information content (AvgIpc) is 1.39. The van der Waals surface area contributed by atoms with Gasteiger partial charge in [-0.1, -0.05) is 57.0 Å². The zero-order chi connectivity index (χ0) is 65.1. The van der Waals surface area contributed by atoms with Gasteiger partial charge in [0.05, 0.1) is 129 Å². The molecule has 5 aromatic rings. The Labute approximate surface area is 532 Å². The molecule has 0 aliphatic carbocycles. The minimum absolute atomic E-state index is 0.147. The van der Waals surface area contributed by atoms with Gasteiger partial charge < -0.3 is 74.5 Å². The van der Waals surface area contributed by atoms with E-state index in [1.165, 1.54) is 4.68 Å². The van der Waals surface area contributed by atoms with Gasteiger partial charge in [-0.25, -0.2) is 9.48 Å². The number of fused-ring (bicyclic) bond motifs is 2. The normalized spacial score (nSPS) is 12.0. The summed E-state index contributed by atoms with van der Waals surface area (Å²) in [5.41, 5.74) is 5.70. The molecule has 0 bridgehead atoms. The standard InChI is InChI=1S/C63H86N10O16.C2H6/c1-82-28-29-84-32-33-86-36-37-88-40-41-89-39-38-87-35-34-85-31-30-83-27-21-58(75)66-22-6-4-12-55(70-59(76)44-68-57(74)18-19-60(77)78)61(79)67-23-5-2-3-7-26-73-62(80)53(51-10-8-13-54-52(51)11-9-24-65-54)42-56(71-73)47-14-16-50(17-15-47)69-63(81)72-45-48-20-25-64-43-49(48)46-72;1-2/h8-11,13-17,20,24-25,42-43,55H,2-7,12,18-19,21-23,26-41,44-46H2,1H3,(H,66,75)(H,67,79)(H,68,74)(H,69,81)(H,70,76)(H,77,78);1-2H3/t55-;/m0./s1. The number of hydrogen-bond donors (Lipinski definition) is 6. The molecule has 0 unspecified atom stereocenters. The summed E-state index contributed by atoms with van der Waals surface area (Å²) in [6.07, 6.45) is 8.52. The van der Waals surface area contributed by atoms with Gasteiger partial charge in [-0.3, -0.25) is 38.7 Å². The first-order chi connectivity index (χ1) is 44.5. The Morgan fingerprint density at radius 1 is 0.593 bits per heavy atom. The number of carbonyl (C=O) groups excluding carboxylic acids is 5. The number of ether oxygens (including phenoxy) is 8. The fraction of sp³-hybridized carbons (Fsp3) is 0.538. The summed E-state index contributed by atoms with van der Waals surface area (Å²) >= 11 is 0. The van der Waals surface area contributed by atoms with Crippen LogP contribution in [0.4, 0.5) is 10.5 Å². The van der Waals surface area contributed by atoms with E-state index in [0.29, 0.717) is 181 Å². The summed E-state index contributed by atoms with van der Waals surface area (Å²) in [5.74, 6) is -2.99. The maximum atomic E-state index is 14.3. The summed E-state index contributed by atoms with van der Waals surface area (Å²) in [4.78, 5) is 99.8. The van der Waals surface area contributed by atoms with Crippen molar-refractivity contribution in [3.8, 4) is 22.4 Å². The van der Waals surface area contributed by atoms with Crippen molar-refractivity contribution >= 4 is 52.2 Å². The van der Waals surface area contributed by atoms with Crippen LogP contribution in [0, 0.1) is 0 Å². The van der Waals surface area contributed by atoms with Gasteiger partial charge in [-0.05, 0) is 85.2 Å². The van der Waals surface area contributed by atoms with Crippen LogP contribution in [-0.2, 0) is 81.5 Å². The SMILES string of the molecule is CC.COCCOCCOCCOCCOCCOCCOCCOCCC(=O)NCCCC[C@H](NC(=O)CNC(=O)CCC(=O)O)C(=O)NCCCCCCn1nc(-c2ccc(NC(=O)N3Cc4ccncc4C3)cc2)cc(-c2cccc3ncccc23)c1=O. The second kappa shape index (κ2) is 44.6. The number of carboxylic acids is 1. The van der Waals surface area contributed by atoms with Gasteiger partial charge in [0.25, 0.3) is 5.56 Å². The number of aryl methyl sites for hydroxylation is 1. The molecule has 0 fully saturated rings. The Hall–Kier alpha value is -7.82. The molecule has 0 saturated carbocycles. The Kier molecular flexibility index (Phi) is 36.2. The molecule has 0 radical (unpaired) electrons. The maximum Gasteiger partial charge on any atom is 0.322 e. The van der Waals surface area contributed by atoms with Crippen LogP contribution in [0.2, 0.25) is 0 Å². The predicted molar refractivity (Wildman–Crippen MR) is 341 cm³/mol. The fourth-order valence-corrected chi connectivity index (χ4v) is 9.25. The lowest BCUT2D eigenvalue weighted by molar-refractivity contribution is -0.139. The largest absolute Gasteiger partial charge is 0.481 e. The predicted octanol–water partition coefficient (Wildman–Crippen LogP) is 5.68. The highest BCUT2D eigenvalue weighted by atomic mass is 16.6. The van der Waals surface area contributed by atoms with Crippen LogP contribution >= 0.6 is 0 Å². The molecule has 26 nitrogen and oxygen atoms in total. The van der Waals surface area contributed by atoms with E-state index in [1.807, 2.05) is 74.5 Å². The van der Waals surface area contributed by atoms with Crippen molar-refractivity contribution in [2.45, 2.75) is 104 Å². The third-order valence-corrected chi connectivity index (χ3v) is 14.0. The van der Waals surface area contributed by atoms with Crippen LogP contribution in [0.5, 0.6) is 0 Å². The number of aliphatic carboxylic acids is 1. The Bertz CT molecular complexity index is 2990. The van der Waals surface area contributed by atoms with Gasteiger partial charge in [-0.15, -0.1) is 0 Å². The van der Waals surface area contributed by atoms with Crippen molar-refractivity contribution in [1.29, 1.82) is 0 Å². The number of amides is 6. The molecule has 6 rings (SSSR count). The van der Waals surface area contributed by atoms with E-state index in [-0.39, 0.29) is 43.4 Å². The van der Waals surface area contributed by atoms with Crippen molar-refractivity contribution < 1.29 is 71.8 Å². The summed E-state index contributed by atoms with van der Waals surface area (Å²) < 4.78 is 44.7. The first-order valence-corrected chi connectivity index (χ1v) is 31.4. The molecule has 0 spiro atoms. The summed E-state index contributed by atoms with van der Waals surface area (Å²) in [6.45, 7) is 12.0. The monoisotopic (exact) mass is 1270 g/mol. The Morgan fingerprint density at radius 2 is 1.20 bits per heavy atom. The second-order valence-electron chi connectivity index (χ2n) is 20.7. The molecule has 3 aromatic heterocycles. The van der Waals surface area contributed by atoms with Crippen molar-refractivity contribution in [1.82, 2.24) is 45.9 Å². The van der Waals surface area contributed by atoms with Gasteiger partial charge in [0, 0.05) is 87.9 Å². The lowest BCUT2D eigenvalue weighted by atomic mass is 10.00. The molecule has 1 atom stereocenters. The number of unbranched alkanes of at least 4 members (excludes halogenated alkanes) is 4. The molecule has 4 heterocycles. The van der Waals surface area contributed by atoms with E-state index < -0.39 is 42.7 Å². The first kappa shape index (κ1) is 73.9. The summed E-state index contributed by atoms with van der Waals surface area (Å²) in [5, 5.41) is 28.4. The zero-order valence-corrected chi connectivity index (χ0v) is 52.9. The second-order valence-corrected chi connectivity index (χ2v) is 20.7. The molecule has 1 aliphatic rings. The summed E-state index contributed by atoms with van der Waals surface area (Å²) in [7, 11) is 1.63. The van der Waals surface area contributed by atoms with Crippen molar-refractivity contribution in [2.75, 3.05) is 131 Å². The molecular formula is C65H92N10O16. The van der Waals surface area contributed by atoms with Crippen LogP contribution < -0.4 is 32.1 Å². The average molecular weight is 1270 g/mol. The number of nitrogens with one attached hydrogen (secondary N) is 5. The molecule has 2 aromatic carbocycles. The van der Waals surface area contributed by atoms with Gasteiger partial charge in [0.15, 0.2) is 0 Å². The third kappa shape index (κ3) is 28.9. The van der Waals surface area contributed by atoms with Crippen LogP contribution in [0.1, 0.15) is 89.2 Å². The molecule has 0 saturated heterocycles. The number of benzene rings is 2. The Balaban J connectivity index is 0.00000744. The van der Waals surface area contributed by atoms with Crippen LogP contribution in [0.3, 0.4) is 0 Å². The van der Waals surface area contributed by atoms with Gasteiger partial charge in [-0.2, -0.15) is 5.10 Å². The third-order valence-electron chi connectivity index (χ3n) is 14.0. The lowest BCUT2D eigenvalue weighted by Gasteiger charge is -2.19. The molecule has 498 valence electrons. The lowest BCUT2D eigenvalue weighted by Crippen LogP contribution is -2.49. The number of hydrogen-bond acceptors (Lipinski definition) is 18. The highest BCUT2D eigenvalue weighted by molar-refractivity contribution is 5.95. The molecule has 26 heteroatoms. The van der Waals surface area contributed by atoms with Crippen LogP contribution in [0.15, 0.2) is 90.1 Å². The van der Waals surface area contributed by atoms with E-state index in [1.54, 1.807) is 36.7 Å². The van der Waals surface area contributed by atoms with E-state index in [4.69, 9.17) is 48.1 Å². The van der Waals surface area contributed by atoms with Gasteiger partial charge in [0.1, 0.15) is 6.04 Å². The topological polar surface area (TPSA) is 321 Å². The smallest absolute Gasteiger partial charge is 0.322 e. The van der Waals surface area contributed by atoms with E-state index in [9.17, 15) is 33.6 Å². The minimum atomic E-state index is -1.15. The summed E-state index contributed by atoms with van der Waals surface area (Å²) in [6, 6.07) is 19.3. The number of methoxy groups -OCH3 is 1. The number of urea groups is 1. The maximum absolute atomic E-state index is 14.3. The number of carboxylic acid groups (broad SMARTS) is 1. The number of nitrogens with zero attached hydrogens (tertiary/aromatic N) is 5. The van der Waals surface area contributed by atoms with Gasteiger partial charge in [0.2, 0.25) is 23.6 Å². The minimum Gasteiger partial charge on any atom is -0.481 e. The van der Waals surface area contributed by atoms with Crippen LogP contribution in [-0.4, -0.2) is 197 Å². The quantitative estimate of drug-likeness (QED) is 0.0255. The van der Waals surface area contributed by atoms with E-state index in [0.717, 1.165) is 33.2 Å². The molecule has 6 amide bonds. The number of anilines is 1. The van der Waals surface area contributed by atoms with Crippen LogP contribution in [0.25, 0.3) is 33.3 Å². The van der Waals surface area contributed by atoms with Crippen molar-refractivity contribution in [2.24, 2.45) is 0 Å². The number of carbonyl (C=O) groups is 6.